The number of rotatable bonds is 2. The van der Waals surface area contributed by atoms with Crippen LogP contribution < -0.4 is 5.32 Å². The maximum Gasteiger partial charge on any atom is 0.0610 e. The van der Waals surface area contributed by atoms with E-state index in [9.17, 15) is 0 Å². The molecular formula is C9H16N2O. The summed E-state index contributed by atoms with van der Waals surface area (Å²) in [6.07, 6.45) is 7.09. The van der Waals surface area contributed by atoms with Crippen molar-refractivity contribution in [2.45, 2.75) is 25.0 Å². The second kappa shape index (κ2) is 3.35. The van der Waals surface area contributed by atoms with Gasteiger partial charge in [-0.3, -0.25) is 0 Å². The van der Waals surface area contributed by atoms with Gasteiger partial charge in [0.25, 0.3) is 0 Å². The lowest BCUT2D eigenvalue weighted by Gasteiger charge is -2.42. The maximum atomic E-state index is 5.24. The molecule has 0 aromatic carbocycles. The third kappa shape index (κ3) is 1.41. The Labute approximate surface area is 73.4 Å². The quantitative estimate of drug-likeness (QED) is 0.651. The Kier molecular flexibility index (Phi) is 2.21. The first-order valence-corrected chi connectivity index (χ1v) is 4.59. The van der Waals surface area contributed by atoms with Crippen LogP contribution in [0.3, 0.4) is 0 Å². The van der Waals surface area contributed by atoms with Crippen LogP contribution in [-0.2, 0) is 4.74 Å². The lowest BCUT2D eigenvalue weighted by atomic mass is 9.88. The van der Waals surface area contributed by atoms with Crippen molar-refractivity contribution in [3.8, 4) is 0 Å². The van der Waals surface area contributed by atoms with E-state index in [1.165, 1.54) is 12.8 Å². The van der Waals surface area contributed by atoms with Crippen molar-refractivity contribution in [1.29, 1.82) is 0 Å². The van der Waals surface area contributed by atoms with Crippen LogP contribution in [0.25, 0.3) is 0 Å². The van der Waals surface area contributed by atoms with Gasteiger partial charge in [-0.15, -0.1) is 0 Å². The van der Waals surface area contributed by atoms with E-state index >= 15 is 0 Å². The van der Waals surface area contributed by atoms with Gasteiger partial charge in [-0.05, 0) is 12.8 Å². The highest BCUT2D eigenvalue weighted by Gasteiger charge is 2.32. The van der Waals surface area contributed by atoms with Crippen LogP contribution in [0, 0.1) is 0 Å². The smallest absolute Gasteiger partial charge is 0.0610 e. The van der Waals surface area contributed by atoms with Crippen molar-refractivity contribution in [3.63, 3.8) is 0 Å². The van der Waals surface area contributed by atoms with Gasteiger partial charge in [0.1, 0.15) is 0 Å². The summed E-state index contributed by atoms with van der Waals surface area (Å²) in [5, 5.41) is 3.19. The monoisotopic (exact) mass is 168 g/mol. The first-order chi connectivity index (χ1) is 5.90. The number of nitrogens with one attached hydrogen (secondary N) is 1. The summed E-state index contributed by atoms with van der Waals surface area (Å²) in [6.45, 7) is 2.21. The summed E-state index contributed by atoms with van der Waals surface area (Å²) >= 11 is 0. The summed E-state index contributed by atoms with van der Waals surface area (Å²) in [6, 6.07) is 0.730. The highest BCUT2D eigenvalue weighted by Crippen LogP contribution is 2.28. The standard InChI is InChI=1S/C9H16N2O/c1-12-9-6-8(7-9)11-4-2-10-3-5-11/h2,4,8-10H,3,5-7H2,1H3. The molecule has 0 unspecified atom stereocenters. The molecule has 1 aliphatic carbocycles. The minimum absolute atomic E-state index is 0.512. The molecule has 2 rings (SSSR count). The topological polar surface area (TPSA) is 24.5 Å². The van der Waals surface area contributed by atoms with Gasteiger partial charge in [0, 0.05) is 38.6 Å². The van der Waals surface area contributed by atoms with Crippen molar-refractivity contribution in [1.82, 2.24) is 10.2 Å². The van der Waals surface area contributed by atoms with E-state index in [1.54, 1.807) is 7.11 Å². The number of methoxy groups -OCH3 is 1. The molecule has 2 aliphatic rings. The Morgan fingerprint density at radius 1 is 1.50 bits per heavy atom. The molecule has 1 heterocycles. The van der Waals surface area contributed by atoms with Crippen LogP contribution in [0.4, 0.5) is 0 Å². The van der Waals surface area contributed by atoms with E-state index in [0.29, 0.717) is 6.10 Å². The summed E-state index contributed by atoms with van der Waals surface area (Å²) in [5.41, 5.74) is 0. The zero-order valence-corrected chi connectivity index (χ0v) is 7.49. The van der Waals surface area contributed by atoms with Crippen LogP contribution in [0.5, 0.6) is 0 Å². The Morgan fingerprint density at radius 3 is 2.92 bits per heavy atom. The molecule has 1 aliphatic heterocycles. The average molecular weight is 168 g/mol. The number of nitrogens with zero attached hydrogens (tertiary/aromatic N) is 1. The van der Waals surface area contributed by atoms with E-state index in [2.05, 4.69) is 16.4 Å². The van der Waals surface area contributed by atoms with Gasteiger partial charge in [0.2, 0.25) is 0 Å². The Balaban J connectivity index is 1.79. The largest absolute Gasteiger partial charge is 0.388 e. The fourth-order valence-corrected chi connectivity index (χ4v) is 1.81. The molecule has 1 N–H and O–H groups in total. The lowest BCUT2D eigenvalue weighted by molar-refractivity contribution is -0.0140. The van der Waals surface area contributed by atoms with Crippen molar-refractivity contribution in [2.24, 2.45) is 0 Å². The molecule has 1 saturated carbocycles. The summed E-state index contributed by atoms with van der Waals surface area (Å²) < 4.78 is 5.24. The molecule has 0 radical (unpaired) electrons. The number of hydrogen-bond acceptors (Lipinski definition) is 3. The first-order valence-electron chi connectivity index (χ1n) is 4.59. The molecule has 0 aromatic rings. The van der Waals surface area contributed by atoms with E-state index < -0.39 is 0 Å². The van der Waals surface area contributed by atoms with E-state index in [-0.39, 0.29) is 0 Å². The minimum Gasteiger partial charge on any atom is -0.388 e. The Morgan fingerprint density at radius 2 is 2.33 bits per heavy atom. The highest BCUT2D eigenvalue weighted by atomic mass is 16.5. The molecule has 3 heteroatoms. The second-order valence-corrected chi connectivity index (χ2v) is 3.49. The van der Waals surface area contributed by atoms with Crippen LogP contribution >= 0.6 is 0 Å². The van der Waals surface area contributed by atoms with E-state index in [0.717, 1.165) is 19.1 Å². The fourth-order valence-electron chi connectivity index (χ4n) is 1.81. The van der Waals surface area contributed by atoms with Crippen LogP contribution in [-0.4, -0.2) is 37.2 Å². The molecule has 0 saturated heterocycles. The van der Waals surface area contributed by atoms with Gasteiger partial charge in [-0.25, -0.2) is 0 Å². The minimum atomic E-state index is 0.512. The Bertz CT molecular complexity index is 175. The maximum absolute atomic E-state index is 5.24. The zero-order valence-electron chi connectivity index (χ0n) is 7.49. The van der Waals surface area contributed by atoms with Crippen molar-refractivity contribution in [2.75, 3.05) is 20.2 Å². The third-order valence-electron chi connectivity index (χ3n) is 2.77. The highest BCUT2D eigenvalue weighted by molar-refractivity contribution is 4.96. The van der Waals surface area contributed by atoms with Gasteiger partial charge in [0.05, 0.1) is 6.10 Å². The van der Waals surface area contributed by atoms with Crippen molar-refractivity contribution in [3.05, 3.63) is 12.4 Å². The van der Waals surface area contributed by atoms with Crippen LogP contribution in [0.15, 0.2) is 12.4 Å². The zero-order chi connectivity index (χ0) is 8.39. The second-order valence-electron chi connectivity index (χ2n) is 3.49. The predicted octanol–water partition coefficient (Wildman–Crippen LogP) is 0.540. The lowest BCUT2D eigenvalue weighted by Crippen LogP contribution is -2.48. The van der Waals surface area contributed by atoms with Gasteiger partial charge in [-0.2, -0.15) is 0 Å². The molecule has 0 bridgehead atoms. The number of hydrogen-bond donors (Lipinski definition) is 1. The van der Waals surface area contributed by atoms with Gasteiger partial charge in [0.15, 0.2) is 0 Å². The summed E-state index contributed by atoms with van der Waals surface area (Å²) in [5.74, 6) is 0. The molecule has 1 fully saturated rings. The fraction of sp³-hybridized carbons (Fsp3) is 0.778. The van der Waals surface area contributed by atoms with Gasteiger partial charge in [-0.1, -0.05) is 0 Å². The van der Waals surface area contributed by atoms with Crippen LogP contribution in [0.1, 0.15) is 12.8 Å². The molecule has 0 amide bonds. The average Bonchev–Trinajstić information content (AvgIpc) is 2.04. The van der Waals surface area contributed by atoms with E-state index in [4.69, 9.17) is 4.74 Å². The molecule has 68 valence electrons. The Hall–Kier alpha value is -0.700. The molecule has 0 atom stereocenters. The molecule has 0 spiro atoms. The third-order valence-corrected chi connectivity index (χ3v) is 2.77. The van der Waals surface area contributed by atoms with Crippen molar-refractivity contribution < 1.29 is 4.74 Å². The van der Waals surface area contributed by atoms with Crippen molar-refractivity contribution >= 4 is 0 Å². The molecule has 3 nitrogen and oxygen atoms in total. The molecule has 0 aromatic heterocycles. The van der Waals surface area contributed by atoms with Gasteiger partial charge < -0.3 is 15.0 Å². The normalized spacial score (nSPS) is 34.2. The predicted molar refractivity (Wildman–Crippen MR) is 47.7 cm³/mol. The SMILES string of the molecule is COC1CC(N2C=CNCC2)C1. The van der Waals surface area contributed by atoms with Crippen LogP contribution in [0.2, 0.25) is 0 Å². The summed E-state index contributed by atoms with van der Waals surface area (Å²) in [7, 11) is 1.80. The molecular weight excluding hydrogens is 152 g/mol. The number of ether oxygens (including phenoxy) is 1. The summed E-state index contributed by atoms with van der Waals surface area (Å²) in [4.78, 5) is 2.41. The van der Waals surface area contributed by atoms with Gasteiger partial charge >= 0.3 is 0 Å². The first kappa shape index (κ1) is 7.92. The van der Waals surface area contributed by atoms with E-state index in [1.807, 2.05) is 6.20 Å². The molecule has 12 heavy (non-hydrogen) atoms.